The number of ketones is 1. The number of nitrogens with zero attached hydrogens (tertiary/aromatic N) is 1. The minimum absolute atomic E-state index is 0.0657. The second-order valence-electron chi connectivity index (χ2n) is 7.96. The van der Waals surface area contributed by atoms with Crippen LogP contribution >= 0.6 is 0 Å². The lowest BCUT2D eigenvalue weighted by molar-refractivity contribution is 0.0322. The van der Waals surface area contributed by atoms with Crippen molar-refractivity contribution in [2.45, 2.75) is 0 Å². The molecule has 1 aliphatic heterocycles. The molecule has 0 unspecified atom stereocenters. The number of rotatable bonds is 6. The average Bonchev–Trinajstić information content (AvgIpc) is 3.13. The third-order valence-electron chi connectivity index (χ3n) is 5.96. The normalized spacial score (nSPS) is 16.3. The van der Waals surface area contributed by atoms with Crippen LogP contribution in [-0.4, -0.2) is 50.1 Å². The van der Waals surface area contributed by atoms with E-state index in [0.717, 1.165) is 49.5 Å². The molecule has 3 aromatic carbocycles. The summed E-state index contributed by atoms with van der Waals surface area (Å²) in [4.78, 5) is 15.8. The number of carbonyl (C=O) groups excluding carboxylic acids is 1. The fourth-order valence-corrected chi connectivity index (χ4v) is 4.32. The van der Waals surface area contributed by atoms with Gasteiger partial charge in [-0.05, 0) is 47.0 Å². The number of hydrogen-bond donors (Lipinski definition) is 0. The first-order valence-electron chi connectivity index (χ1n) is 10.9. The lowest BCUT2D eigenvalue weighted by Crippen LogP contribution is -2.38. The first kappa shape index (κ1) is 20.6. The number of fused-ring (bicyclic) bond motifs is 1. The molecule has 0 atom stereocenters. The van der Waals surface area contributed by atoms with Crippen molar-refractivity contribution in [1.82, 2.24) is 4.90 Å². The zero-order valence-corrected chi connectivity index (χ0v) is 17.7. The molecule has 162 valence electrons. The highest BCUT2D eigenvalue weighted by Gasteiger charge is 2.31. The van der Waals surface area contributed by atoms with E-state index in [0.29, 0.717) is 29.1 Å². The number of hydrogen-bond acceptors (Lipinski definition) is 4. The van der Waals surface area contributed by atoms with E-state index in [9.17, 15) is 9.18 Å². The van der Waals surface area contributed by atoms with Crippen molar-refractivity contribution in [2.24, 2.45) is 0 Å². The molecule has 0 aromatic heterocycles. The number of benzene rings is 3. The molecule has 4 nitrogen and oxygen atoms in total. The Labute approximate surface area is 186 Å². The average molecular weight is 429 g/mol. The van der Waals surface area contributed by atoms with E-state index in [2.05, 4.69) is 4.90 Å². The molecule has 1 heterocycles. The van der Waals surface area contributed by atoms with E-state index < -0.39 is 0 Å². The van der Waals surface area contributed by atoms with Crippen molar-refractivity contribution < 1.29 is 18.7 Å². The minimum Gasteiger partial charge on any atom is -0.492 e. The van der Waals surface area contributed by atoms with Gasteiger partial charge in [-0.25, -0.2) is 4.39 Å². The molecular formula is C27H24FNO3. The van der Waals surface area contributed by atoms with Crippen LogP contribution in [0.15, 0.2) is 72.8 Å². The second kappa shape index (κ2) is 9.07. The lowest BCUT2D eigenvalue weighted by atomic mass is 9.94. The van der Waals surface area contributed by atoms with Crippen LogP contribution in [0.1, 0.15) is 27.0 Å². The van der Waals surface area contributed by atoms with Crippen molar-refractivity contribution in [2.75, 3.05) is 39.5 Å². The lowest BCUT2D eigenvalue weighted by Gasteiger charge is -2.26. The smallest absolute Gasteiger partial charge is 0.195 e. The van der Waals surface area contributed by atoms with E-state index in [4.69, 9.17) is 9.47 Å². The highest BCUT2D eigenvalue weighted by atomic mass is 19.1. The fourth-order valence-electron chi connectivity index (χ4n) is 4.32. The maximum absolute atomic E-state index is 13.5. The summed E-state index contributed by atoms with van der Waals surface area (Å²) in [6.07, 6.45) is 0. The quantitative estimate of drug-likeness (QED) is 0.570. The van der Waals surface area contributed by atoms with Gasteiger partial charge in [0.05, 0.1) is 13.2 Å². The van der Waals surface area contributed by atoms with Crippen molar-refractivity contribution in [3.05, 3.63) is 101 Å². The highest BCUT2D eigenvalue weighted by Crippen LogP contribution is 2.43. The SMILES string of the molecule is O=C1C(c2ccc(F)cc2)=C(c2ccccc2)c2ccc(OCCN3CCOCC3)cc21. The van der Waals surface area contributed by atoms with Crippen molar-refractivity contribution in [1.29, 1.82) is 0 Å². The van der Waals surface area contributed by atoms with E-state index in [1.165, 1.54) is 12.1 Å². The summed E-state index contributed by atoms with van der Waals surface area (Å²) < 4.78 is 24.9. The van der Waals surface area contributed by atoms with Gasteiger partial charge in [0.2, 0.25) is 0 Å². The number of Topliss-reactive ketones (excluding diaryl/α,β-unsaturated/α-hetero) is 1. The molecule has 1 saturated heterocycles. The van der Waals surface area contributed by atoms with Gasteiger partial charge in [0, 0.05) is 36.3 Å². The van der Waals surface area contributed by atoms with Gasteiger partial charge in [0.15, 0.2) is 5.78 Å². The van der Waals surface area contributed by atoms with Crippen LogP contribution in [0.5, 0.6) is 5.75 Å². The molecule has 0 N–H and O–H groups in total. The highest BCUT2D eigenvalue weighted by molar-refractivity contribution is 6.41. The summed E-state index contributed by atoms with van der Waals surface area (Å²) in [5.41, 5.74) is 4.63. The number of ether oxygens (including phenoxy) is 2. The molecular weight excluding hydrogens is 405 g/mol. The maximum atomic E-state index is 13.5. The summed E-state index contributed by atoms with van der Waals surface area (Å²) in [5.74, 6) is 0.289. The van der Waals surface area contributed by atoms with Gasteiger partial charge in [-0.3, -0.25) is 9.69 Å². The summed E-state index contributed by atoms with van der Waals surface area (Å²) in [6, 6.07) is 21.7. The Balaban J connectivity index is 1.45. The monoisotopic (exact) mass is 429 g/mol. The van der Waals surface area contributed by atoms with Gasteiger partial charge >= 0.3 is 0 Å². The molecule has 0 bridgehead atoms. The van der Waals surface area contributed by atoms with Gasteiger partial charge in [-0.1, -0.05) is 42.5 Å². The number of halogens is 1. The van der Waals surface area contributed by atoms with Crippen LogP contribution in [0.25, 0.3) is 11.1 Å². The van der Waals surface area contributed by atoms with Crippen LogP contribution < -0.4 is 4.74 Å². The zero-order chi connectivity index (χ0) is 21.9. The first-order valence-corrected chi connectivity index (χ1v) is 10.9. The zero-order valence-electron chi connectivity index (χ0n) is 17.7. The van der Waals surface area contributed by atoms with Gasteiger partial charge in [-0.15, -0.1) is 0 Å². The van der Waals surface area contributed by atoms with Crippen LogP contribution in [0.2, 0.25) is 0 Å². The van der Waals surface area contributed by atoms with E-state index in [-0.39, 0.29) is 11.6 Å². The van der Waals surface area contributed by atoms with Gasteiger partial charge in [-0.2, -0.15) is 0 Å². The minimum atomic E-state index is -0.325. The Hall–Kier alpha value is -3.28. The maximum Gasteiger partial charge on any atom is 0.195 e. The molecule has 5 rings (SSSR count). The Kier molecular flexibility index (Phi) is 5.84. The number of morpholine rings is 1. The molecule has 0 saturated carbocycles. The first-order chi connectivity index (χ1) is 15.7. The fraction of sp³-hybridized carbons (Fsp3) is 0.222. The van der Waals surface area contributed by atoms with E-state index in [1.807, 2.05) is 48.5 Å². The Morgan fingerprint density at radius 2 is 1.56 bits per heavy atom. The van der Waals surface area contributed by atoms with Crippen LogP contribution in [0.3, 0.4) is 0 Å². The van der Waals surface area contributed by atoms with Gasteiger partial charge in [0.25, 0.3) is 0 Å². The topological polar surface area (TPSA) is 38.8 Å². The van der Waals surface area contributed by atoms with E-state index >= 15 is 0 Å². The largest absolute Gasteiger partial charge is 0.492 e. The van der Waals surface area contributed by atoms with E-state index in [1.54, 1.807) is 12.1 Å². The Bertz CT molecular complexity index is 1150. The summed E-state index contributed by atoms with van der Waals surface area (Å²) in [7, 11) is 0. The predicted octanol–water partition coefficient (Wildman–Crippen LogP) is 4.69. The number of allylic oxidation sites excluding steroid dienone is 1. The van der Waals surface area contributed by atoms with Crippen molar-refractivity contribution in [3.8, 4) is 5.75 Å². The molecule has 1 aliphatic carbocycles. The van der Waals surface area contributed by atoms with Crippen molar-refractivity contribution in [3.63, 3.8) is 0 Å². The van der Waals surface area contributed by atoms with Gasteiger partial charge in [0.1, 0.15) is 18.2 Å². The summed E-state index contributed by atoms with van der Waals surface area (Å²) >= 11 is 0. The Morgan fingerprint density at radius 3 is 2.31 bits per heavy atom. The van der Waals surface area contributed by atoms with Crippen LogP contribution in [-0.2, 0) is 4.74 Å². The van der Waals surface area contributed by atoms with Gasteiger partial charge < -0.3 is 9.47 Å². The summed E-state index contributed by atoms with van der Waals surface area (Å²) in [6.45, 7) is 4.72. The second-order valence-corrected chi connectivity index (χ2v) is 7.96. The summed E-state index contributed by atoms with van der Waals surface area (Å²) in [5, 5.41) is 0. The predicted molar refractivity (Wildman–Crippen MR) is 122 cm³/mol. The molecule has 3 aromatic rings. The van der Waals surface area contributed by atoms with Crippen molar-refractivity contribution >= 4 is 16.9 Å². The molecule has 2 aliphatic rings. The third kappa shape index (κ3) is 4.09. The Morgan fingerprint density at radius 1 is 0.844 bits per heavy atom. The number of carbonyl (C=O) groups is 1. The molecule has 1 fully saturated rings. The van der Waals surface area contributed by atoms with Crippen LogP contribution in [0.4, 0.5) is 4.39 Å². The molecule has 0 radical (unpaired) electrons. The molecule has 32 heavy (non-hydrogen) atoms. The standard InChI is InChI=1S/C27H24FNO3/c28-21-8-6-20(7-9-21)26-25(19-4-2-1-3-5-19)23-11-10-22(18-24(23)27(26)30)32-17-14-29-12-15-31-16-13-29/h1-11,18H,12-17H2. The van der Waals surface area contributed by atoms with Crippen LogP contribution in [0, 0.1) is 5.82 Å². The third-order valence-corrected chi connectivity index (χ3v) is 5.96. The molecule has 5 heteroatoms. The molecule has 0 spiro atoms. The molecule has 0 amide bonds.